The maximum atomic E-state index is 12.1. The molecule has 0 bridgehead atoms. The molecule has 0 radical (unpaired) electrons. The molecule has 1 aromatic heterocycles. The molecule has 0 saturated heterocycles. The first kappa shape index (κ1) is 15.1. The summed E-state index contributed by atoms with van der Waals surface area (Å²) in [5, 5.41) is 13.6. The van der Waals surface area contributed by atoms with Crippen molar-refractivity contribution in [1.29, 1.82) is 0 Å². The van der Waals surface area contributed by atoms with E-state index in [-0.39, 0.29) is 11.4 Å². The lowest BCUT2D eigenvalue weighted by Gasteiger charge is -2.11. The van der Waals surface area contributed by atoms with Crippen LogP contribution in [0.2, 0.25) is 0 Å². The van der Waals surface area contributed by atoms with Crippen molar-refractivity contribution in [3.63, 3.8) is 0 Å². The predicted molar refractivity (Wildman–Crippen MR) is 68.8 cm³/mol. The Morgan fingerprint density at radius 3 is 2.50 bits per heavy atom. The van der Waals surface area contributed by atoms with Crippen LogP contribution < -0.4 is 4.72 Å². The van der Waals surface area contributed by atoms with Crippen LogP contribution in [0, 0.1) is 13.8 Å². The molecule has 1 aromatic rings. The molecule has 7 heteroatoms. The van der Waals surface area contributed by atoms with Gasteiger partial charge in [0.1, 0.15) is 4.90 Å². The number of hydrogen-bond donors (Lipinski definition) is 2. The predicted octanol–water partition coefficient (Wildman–Crippen LogP) is 0.476. The van der Waals surface area contributed by atoms with Gasteiger partial charge in [0, 0.05) is 13.6 Å². The lowest BCUT2D eigenvalue weighted by Crippen LogP contribution is -2.32. The molecule has 0 aliphatic rings. The van der Waals surface area contributed by atoms with Gasteiger partial charge in [-0.1, -0.05) is 13.3 Å². The normalized spacial score (nSPS) is 13.8. The van der Waals surface area contributed by atoms with E-state index in [1.54, 1.807) is 20.9 Å². The number of aliphatic hydroxyl groups is 1. The van der Waals surface area contributed by atoms with Crippen molar-refractivity contribution >= 4 is 10.0 Å². The van der Waals surface area contributed by atoms with E-state index >= 15 is 0 Å². The molecule has 18 heavy (non-hydrogen) atoms. The Kier molecular flexibility index (Phi) is 4.89. The molecule has 104 valence electrons. The second-order valence-electron chi connectivity index (χ2n) is 4.42. The molecule has 1 unspecified atom stereocenters. The van der Waals surface area contributed by atoms with Gasteiger partial charge in [-0.2, -0.15) is 5.10 Å². The molecular formula is C11H21N3O3S. The second kappa shape index (κ2) is 5.81. The van der Waals surface area contributed by atoms with E-state index in [0.717, 1.165) is 6.42 Å². The number of nitrogens with zero attached hydrogens (tertiary/aromatic N) is 2. The average molecular weight is 275 g/mol. The summed E-state index contributed by atoms with van der Waals surface area (Å²) in [6, 6.07) is 0. The van der Waals surface area contributed by atoms with Crippen LogP contribution in [0.25, 0.3) is 0 Å². The highest BCUT2D eigenvalue weighted by molar-refractivity contribution is 7.89. The highest BCUT2D eigenvalue weighted by Crippen LogP contribution is 2.18. The third kappa shape index (κ3) is 3.30. The summed E-state index contributed by atoms with van der Waals surface area (Å²) in [6.45, 7) is 5.33. The topological polar surface area (TPSA) is 84.2 Å². The van der Waals surface area contributed by atoms with E-state index < -0.39 is 16.1 Å². The lowest BCUT2D eigenvalue weighted by molar-refractivity contribution is 0.167. The maximum absolute atomic E-state index is 12.1. The van der Waals surface area contributed by atoms with Crippen LogP contribution in [0.3, 0.4) is 0 Å². The number of rotatable bonds is 6. The number of aromatic nitrogens is 2. The zero-order chi connectivity index (χ0) is 13.9. The smallest absolute Gasteiger partial charge is 0.244 e. The van der Waals surface area contributed by atoms with Crippen LogP contribution in [-0.4, -0.2) is 36.0 Å². The number of hydrogen-bond acceptors (Lipinski definition) is 4. The number of nitrogens with one attached hydrogen (secondary N) is 1. The van der Waals surface area contributed by atoms with Gasteiger partial charge < -0.3 is 5.11 Å². The fraction of sp³-hybridized carbons (Fsp3) is 0.727. The molecule has 0 aliphatic heterocycles. The van der Waals surface area contributed by atoms with E-state index in [1.807, 2.05) is 6.92 Å². The number of aryl methyl sites for hydroxylation is 2. The van der Waals surface area contributed by atoms with Gasteiger partial charge in [0.25, 0.3) is 0 Å². The van der Waals surface area contributed by atoms with Gasteiger partial charge in [-0.3, -0.25) is 4.68 Å². The van der Waals surface area contributed by atoms with Gasteiger partial charge in [0.15, 0.2) is 0 Å². The van der Waals surface area contributed by atoms with Gasteiger partial charge in [-0.15, -0.1) is 0 Å². The van der Waals surface area contributed by atoms with Gasteiger partial charge in [0.2, 0.25) is 10.0 Å². The van der Waals surface area contributed by atoms with Crippen molar-refractivity contribution in [2.45, 2.75) is 44.6 Å². The highest BCUT2D eigenvalue weighted by atomic mass is 32.2. The summed E-state index contributed by atoms with van der Waals surface area (Å²) in [6.07, 6.45) is 0.739. The van der Waals surface area contributed by atoms with Gasteiger partial charge >= 0.3 is 0 Å². The first-order chi connectivity index (χ1) is 8.29. The molecule has 0 saturated carbocycles. The first-order valence-corrected chi connectivity index (χ1v) is 7.45. The van der Waals surface area contributed by atoms with Crippen LogP contribution in [0.5, 0.6) is 0 Å². The van der Waals surface area contributed by atoms with Crippen molar-refractivity contribution in [3.05, 3.63) is 11.4 Å². The van der Waals surface area contributed by atoms with E-state index in [2.05, 4.69) is 9.82 Å². The molecule has 2 N–H and O–H groups in total. The third-order valence-electron chi connectivity index (χ3n) is 2.84. The summed E-state index contributed by atoms with van der Waals surface area (Å²) in [5.41, 5.74) is 1.05. The molecule has 0 fully saturated rings. The minimum atomic E-state index is -3.61. The van der Waals surface area contributed by atoms with Crippen LogP contribution >= 0.6 is 0 Å². The lowest BCUT2D eigenvalue weighted by atomic mass is 10.2. The van der Waals surface area contributed by atoms with Crippen LogP contribution in [0.1, 0.15) is 31.2 Å². The molecular weight excluding hydrogens is 254 g/mol. The minimum absolute atomic E-state index is 0.0317. The maximum Gasteiger partial charge on any atom is 0.244 e. The summed E-state index contributed by atoms with van der Waals surface area (Å²) >= 11 is 0. The largest absolute Gasteiger partial charge is 0.392 e. The molecule has 0 aromatic carbocycles. The second-order valence-corrected chi connectivity index (χ2v) is 6.12. The number of sulfonamides is 1. The molecule has 1 heterocycles. The standard InChI is InChI=1S/C11H21N3O3S/c1-5-6-10(15)7-12-18(16,17)11-8(2)13-14(4)9(11)3/h10,12,15H,5-7H2,1-4H3. The Labute approximate surface area is 108 Å². The van der Waals surface area contributed by atoms with Gasteiger partial charge in [-0.05, 0) is 20.3 Å². The highest BCUT2D eigenvalue weighted by Gasteiger charge is 2.24. The molecule has 1 atom stereocenters. The van der Waals surface area contributed by atoms with Crippen molar-refractivity contribution < 1.29 is 13.5 Å². The van der Waals surface area contributed by atoms with Crippen molar-refractivity contribution in [2.24, 2.45) is 7.05 Å². The molecule has 0 aliphatic carbocycles. The van der Waals surface area contributed by atoms with Crippen LogP contribution in [0.4, 0.5) is 0 Å². The van der Waals surface area contributed by atoms with Crippen LogP contribution in [-0.2, 0) is 17.1 Å². The summed E-state index contributed by atoms with van der Waals surface area (Å²) in [5.74, 6) is 0. The van der Waals surface area contributed by atoms with E-state index in [1.165, 1.54) is 4.68 Å². The van der Waals surface area contributed by atoms with Crippen LogP contribution in [0.15, 0.2) is 4.90 Å². The SMILES string of the molecule is CCCC(O)CNS(=O)(=O)c1c(C)nn(C)c1C. The Bertz CT molecular complexity index is 508. The zero-order valence-electron chi connectivity index (χ0n) is 11.3. The quantitative estimate of drug-likeness (QED) is 0.790. The van der Waals surface area contributed by atoms with Gasteiger partial charge in [0.05, 0.1) is 17.5 Å². The fourth-order valence-electron chi connectivity index (χ4n) is 1.86. The Balaban J connectivity index is 2.87. The fourth-order valence-corrected chi connectivity index (χ4v) is 3.36. The monoisotopic (exact) mass is 275 g/mol. The van der Waals surface area contributed by atoms with E-state index in [4.69, 9.17) is 0 Å². The molecule has 6 nitrogen and oxygen atoms in total. The molecule has 1 rings (SSSR count). The summed E-state index contributed by atoms with van der Waals surface area (Å²) in [4.78, 5) is 0.202. The Morgan fingerprint density at radius 2 is 2.06 bits per heavy atom. The average Bonchev–Trinajstić information content (AvgIpc) is 2.51. The first-order valence-electron chi connectivity index (χ1n) is 5.97. The molecule has 0 spiro atoms. The van der Waals surface area contributed by atoms with E-state index in [9.17, 15) is 13.5 Å². The Hall–Kier alpha value is -0.920. The van der Waals surface area contributed by atoms with Crippen molar-refractivity contribution in [1.82, 2.24) is 14.5 Å². The Morgan fingerprint density at radius 1 is 1.44 bits per heavy atom. The third-order valence-corrected chi connectivity index (χ3v) is 4.52. The van der Waals surface area contributed by atoms with Crippen molar-refractivity contribution in [2.75, 3.05) is 6.54 Å². The van der Waals surface area contributed by atoms with Crippen molar-refractivity contribution in [3.8, 4) is 0 Å². The number of aliphatic hydroxyl groups excluding tert-OH is 1. The minimum Gasteiger partial charge on any atom is -0.392 e. The zero-order valence-corrected chi connectivity index (χ0v) is 12.1. The summed E-state index contributed by atoms with van der Waals surface area (Å²) < 4.78 is 28.2. The van der Waals surface area contributed by atoms with E-state index in [0.29, 0.717) is 17.8 Å². The van der Waals surface area contributed by atoms with Gasteiger partial charge in [-0.25, -0.2) is 13.1 Å². The molecule has 0 amide bonds. The summed E-state index contributed by atoms with van der Waals surface area (Å²) in [7, 11) is -1.91.